The van der Waals surface area contributed by atoms with E-state index in [1.165, 1.54) is 25.7 Å². The molecule has 0 aromatic rings. The van der Waals surface area contributed by atoms with Crippen molar-refractivity contribution in [1.29, 1.82) is 0 Å². The summed E-state index contributed by atoms with van der Waals surface area (Å²) in [6.45, 7) is 1.57. The second-order valence-electron chi connectivity index (χ2n) is 16.9. The Hall–Kier alpha value is -1.47. The molecule has 0 aromatic heterocycles. The van der Waals surface area contributed by atoms with Gasteiger partial charge in [0.25, 0.3) is 0 Å². The van der Waals surface area contributed by atoms with Crippen molar-refractivity contribution in [2.45, 2.75) is 227 Å². The fourth-order valence-electron chi connectivity index (χ4n) is 7.89. The molecule has 3 saturated heterocycles. The molecule has 3 fully saturated rings. The predicted octanol–water partition coefficient (Wildman–Crippen LogP) is -0.475. The molecule has 0 bridgehead atoms. The molecule has 0 radical (unpaired) electrons. The average Bonchev–Trinajstić information content (AvgIpc) is 3.27. The van der Waals surface area contributed by atoms with Crippen LogP contribution in [0.1, 0.15) is 123 Å². The molecule has 19 heteroatoms. The maximum absolute atomic E-state index is 13.0. The van der Waals surface area contributed by atoms with E-state index in [9.17, 15) is 61.0 Å². The van der Waals surface area contributed by atoms with Gasteiger partial charge in [-0.3, -0.25) is 4.79 Å². The van der Waals surface area contributed by atoms with Crippen LogP contribution in [0.25, 0.3) is 0 Å². The Morgan fingerprint density at radius 2 is 1.02 bits per heavy atom. The van der Waals surface area contributed by atoms with E-state index in [0.717, 1.165) is 57.8 Å². The zero-order valence-electron chi connectivity index (χ0n) is 36.6. The van der Waals surface area contributed by atoms with Crippen molar-refractivity contribution in [2.75, 3.05) is 26.4 Å². The second kappa shape index (κ2) is 29.9. The molecule has 3 aliphatic rings. The normalized spacial score (nSPS) is 35.3. The number of carbonyl (C=O) groups is 1. The van der Waals surface area contributed by atoms with Gasteiger partial charge in [-0.2, -0.15) is 0 Å². The van der Waals surface area contributed by atoms with E-state index in [0.29, 0.717) is 19.3 Å². The largest absolute Gasteiger partial charge is 0.394 e. The van der Waals surface area contributed by atoms with Crippen LogP contribution in [-0.4, -0.2) is 193 Å². The maximum atomic E-state index is 13.0. The molecule has 3 rings (SSSR count). The maximum Gasteiger partial charge on any atom is 0.220 e. The highest BCUT2D eigenvalue weighted by atomic mass is 16.8. The van der Waals surface area contributed by atoms with Crippen LogP contribution in [0.5, 0.6) is 0 Å². The fraction of sp³-hybridized carbons (Fsp3) is 0.930. The molecule has 62 heavy (non-hydrogen) atoms. The molecular weight excluding hydrogens is 818 g/mol. The van der Waals surface area contributed by atoms with Gasteiger partial charge in [0.15, 0.2) is 18.9 Å². The Labute approximate surface area is 365 Å². The molecule has 19 nitrogen and oxygen atoms in total. The number of hydrogen-bond acceptors (Lipinski definition) is 18. The highest BCUT2D eigenvalue weighted by Gasteiger charge is 2.53. The third-order valence-corrected chi connectivity index (χ3v) is 11.8. The van der Waals surface area contributed by atoms with Gasteiger partial charge in [-0.1, -0.05) is 90.2 Å². The molecule has 0 saturated carbocycles. The zero-order valence-corrected chi connectivity index (χ0v) is 36.6. The number of aliphatic hydroxyl groups excluding tert-OH is 11. The minimum atomic E-state index is -1.97. The van der Waals surface area contributed by atoms with Crippen LogP contribution in [0.15, 0.2) is 12.2 Å². The summed E-state index contributed by atoms with van der Waals surface area (Å²) in [5, 5.41) is 119. The van der Waals surface area contributed by atoms with Gasteiger partial charge in [-0.05, 0) is 38.5 Å². The lowest BCUT2D eigenvalue weighted by atomic mass is 9.96. The van der Waals surface area contributed by atoms with Gasteiger partial charge in [0.05, 0.1) is 38.6 Å². The van der Waals surface area contributed by atoms with E-state index >= 15 is 0 Å². The van der Waals surface area contributed by atoms with E-state index in [1.807, 2.05) is 0 Å². The summed E-state index contributed by atoms with van der Waals surface area (Å²) in [6.07, 6.45) is -5.75. The van der Waals surface area contributed by atoms with Crippen LogP contribution >= 0.6 is 0 Å². The van der Waals surface area contributed by atoms with Crippen molar-refractivity contribution >= 4 is 5.91 Å². The van der Waals surface area contributed by atoms with Gasteiger partial charge in [-0.25, -0.2) is 0 Å². The summed E-state index contributed by atoms with van der Waals surface area (Å²) in [5.74, 6) is -0.265. The van der Waals surface area contributed by atoms with Crippen molar-refractivity contribution in [1.82, 2.24) is 5.32 Å². The van der Waals surface area contributed by atoms with E-state index in [4.69, 9.17) is 28.4 Å². The molecule has 3 heterocycles. The van der Waals surface area contributed by atoms with E-state index in [1.54, 1.807) is 0 Å². The standard InChI is InChI=1S/C43H79NO18/c1-3-5-7-9-10-11-12-13-14-15-16-17-19-21-31(49)44-26(27(48)20-18-8-6-4-2)25-57-41-37(55)34(52)39(29(23-46)59-41)62-43-38(56)35(53)40(30(24-47)60-43)61-42-36(54)33(51)32(50)28(22-45)58-42/h11-12,26-30,32-43,45-48,50-56H,3-10,13-25H2,1-2H3,(H,44,49)/b12-11-. The number of ether oxygens (including phenoxy) is 6. The fourth-order valence-corrected chi connectivity index (χ4v) is 7.89. The van der Waals surface area contributed by atoms with Crippen molar-refractivity contribution < 1.29 is 89.4 Å². The van der Waals surface area contributed by atoms with Gasteiger partial charge < -0.3 is 89.9 Å². The van der Waals surface area contributed by atoms with Crippen LogP contribution in [0.4, 0.5) is 0 Å². The van der Waals surface area contributed by atoms with Crippen LogP contribution in [0.2, 0.25) is 0 Å². The first-order chi connectivity index (χ1) is 29.8. The Balaban J connectivity index is 1.54. The summed E-state index contributed by atoms with van der Waals surface area (Å²) in [6, 6.07) is -0.881. The smallest absolute Gasteiger partial charge is 0.220 e. The highest BCUT2D eigenvalue weighted by Crippen LogP contribution is 2.33. The molecule has 12 N–H and O–H groups in total. The Morgan fingerprint density at radius 3 is 1.56 bits per heavy atom. The Morgan fingerprint density at radius 1 is 0.565 bits per heavy atom. The van der Waals surface area contributed by atoms with Crippen molar-refractivity contribution in [3.05, 3.63) is 12.2 Å². The minimum absolute atomic E-state index is 0.255. The average molecular weight is 898 g/mol. The number of aliphatic hydroxyl groups is 11. The molecule has 3 aliphatic heterocycles. The first-order valence-corrected chi connectivity index (χ1v) is 22.9. The lowest BCUT2D eigenvalue weighted by Crippen LogP contribution is -2.66. The lowest BCUT2D eigenvalue weighted by Gasteiger charge is -2.48. The zero-order chi connectivity index (χ0) is 45.6. The van der Waals surface area contributed by atoms with Gasteiger partial charge in [0.2, 0.25) is 5.91 Å². The summed E-state index contributed by atoms with van der Waals surface area (Å²) in [7, 11) is 0. The predicted molar refractivity (Wildman–Crippen MR) is 222 cm³/mol. The third kappa shape index (κ3) is 17.1. The number of allylic oxidation sites excluding steroid dienone is 2. The number of unbranched alkanes of at least 4 members (excludes halogenated alkanes) is 12. The topological polar surface area (TPSA) is 307 Å². The quantitative estimate of drug-likeness (QED) is 0.0320. The summed E-state index contributed by atoms with van der Waals surface area (Å²) < 4.78 is 33.9. The van der Waals surface area contributed by atoms with Gasteiger partial charge in [0, 0.05) is 6.42 Å². The van der Waals surface area contributed by atoms with E-state index in [-0.39, 0.29) is 18.9 Å². The Bertz CT molecular complexity index is 1220. The summed E-state index contributed by atoms with van der Waals surface area (Å²) in [5.41, 5.74) is 0. The van der Waals surface area contributed by atoms with Crippen molar-refractivity contribution in [2.24, 2.45) is 0 Å². The molecule has 17 unspecified atom stereocenters. The number of hydrogen-bond donors (Lipinski definition) is 12. The SMILES string of the molecule is CCCCCC/C=C\CCCCCCCC(=O)NC(COC1OC(CO)C(OC2OC(CO)C(OC3OC(CO)C(O)C(O)C3O)C(O)C2O)C(O)C1O)C(O)CCCCCC. The second-order valence-corrected chi connectivity index (χ2v) is 16.9. The lowest BCUT2D eigenvalue weighted by molar-refractivity contribution is -0.379. The van der Waals surface area contributed by atoms with E-state index < -0.39 is 124 Å². The summed E-state index contributed by atoms with van der Waals surface area (Å²) in [4.78, 5) is 13.0. The minimum Gasteiger partial charge on any atom is -0.394 e. The summed E-state index contributed by atoms with van der Waals surface area (Å²) >= 11 is 0. The number of nitrogens with one attached hydrogen (secondary N) is 1. The van der Waals surface area contributed by atoms with Crippen molar-refractivity contribution in [3.63, 3.8) is 0 Å². The van der Waals surface area contributed by atoms with Crippen molar-refractivity contribution in [3.8, 4) is 0 Å². The molecule has 0 spiro atoms. The molecule has 0 aromatic carbocycles. The third-order valence-electron chi connectivity index (χ3n) is 11.8. The number of amides is 1. The van der Waals surface area contributed by atoms with Gasteiger partial charge in [0.1, 0.15) is 73.2 Å². The molecule has 17 atom stereocenters. The monoisotopic (exact) mass is 898 g/mol. The first-order valence-electron chi connectivity index (χ1n) is 22.9. The Kier molecular flexibility index (Phi) is 26.5. The number of carbonyl (C=O) groups excluding carboxylic acids is 1. The highest BCUT2D eigenvalue weighted by molar-refractivity contribution is 5.76. The number of rotatable bonds is 30. The van der Waals surface area contributed by atoms with Crippen LogP contribution in [0, 0.1) is 0 Å². The molecule has 364 valence electrons. The van der Waals surface area contributed by atoms with Crippen LogP contribution in [0.3, 0.4) is 0 Å². The van der Waals surface area contributed by atoms with Crippen LogP contribution in [-0.2, 0) is 33.2 Å². The first kappa shape index (κ1) is 54.9. The molecular formula is C43H79NO18. The molecule has 1 amide bonds. The van der Waals surface area contributed by atoms with E-state index in [2.05, 4.69) is 31.3 Å². The van der Waals surface area contributed by atoms with Crippen LogP contribution < -0.4 is 5.32 Å². The molecule has 0 aliphatic carbocycles. The van der Waals surface area contributed by atoms with Gasteiger partial charge in [-0.15, -0.1) is 0 Å². The van der Waals surface area contributed by atoms with Gasteiger partial charge >= 0.3 is 0 Å².